The average Bonchev–Trinajstić information content (AvgIpc) is 2.39. The summed E-state index contributed by atoms with van der Waals surface area (Å²) in [7, 11) is 0. The lowest BCUT2D eigenvalue weighted by Gasteiger charge is -2.10. The molecule has 0 saturated heterocycles. The van der Waals surface area contributed by atoms with Gasteiger partial charge in [-0.1, -0.05) is 31.0 Å². The van der Waals surface area contributed by atoms with Crippen LogP contribution in [0.4, 0.5) is 5.69 Å². The minimum Gasteiger partial charge on any atom is -0.362 e. The van der Waals surface area contributed by atoms with Crippen LogP contribution >= 0.6 is 24.0 Å². The number of thiocarbonyl (C=S) groups is 1. The van der Waals surface area contributed by atoms with Crippen molar-refractivity contribution in [2.24, 2.45) is 0 Å². The van der Waals surface area contributed by atoms with Gasteiger partial charge in [0.2, 0.25) is 0 Å². The van der Waals surface area contributed by atoms with Crippen molar-refractivity contribution in [1.29, 1.82) is 0 Å². The van der Waals surface area contributed by atoms with Gasteiger partial charge in [-0.05, 0) is 49.2 Å². The number of anilines is 1. The number of unbranched alkanes of at least 4 members (excludes halogenated alkanes) is 3. The predicted octanol–water partition coefficient (Wildman–Crippen LogP) is 3.90. The van der Waals surface area contributed by atoms with E-state index in [1.807, 2.05) is 42.1 Å². The van der Waals surface area contributed by atoms with Gasteiger partial charge in [-0.3, -0.25) is 0 Å². The monoisotopic (exact) mass is 282 g/mol. The molecule has 0 heterocycles. The standard InChI is InChI=1S/C14H22N2S2/c1-18-12-8-3-2-7-11-15-14(17)16-13-9-5-4-6-10-13/h4-6,9-10H,2-3,7-8,11-12H2,1H3,(H2,15,16,17). The van der Waals surface area contributed by atoms with Gasteiger partial charge in [0.25, 0.3) is 0 Å². The molecule has 1 aromatic carbocycles. The van der Waals surface area contributed by atoms with Crippen molar-refractivity contribution < 1.29 is 0 Å². The van der Waals surface area contributed by atoms with E-state index in [1.165, 1.54) is 31.4 Å². The molecule has 0 spiro atoms. The molecule has 0 atom stereocenters. The Bertz CT molecular complexity index is 328. The first-order valence-electron chi connectivity index (χ1n) is 6.42. The van der Waals surface area contributed by atoms with E-state index in [0.717, 1.165) is 12.2 Å². The van der Waals surface area contributed by atoms with Crippen molar-refractivity contribution >= 4 is 34.8 Å². The van der Waals surface area contributed by atoms with E-state index in [9.17, 15) is 0 Å². The molecular formula is C14H22N2S2. The number of hydrogen-bond donors (Lipinski definition) is 2. The second-order valence-corrected chi connectivity index (χ2v) is 5.55. The fourth-order valence-electron chi connectivity index (χ4n) is 1.62. The van der Waals surface area contributed by atoms with Crippen molar-refractivity contribution in [3.63, 3.8) is 0 Å². The number of rotatable bonds is 8. The first-order valence-corrected chi connectivity index (χ1v) is 8.22. The maximum atomic E-state index is 5.23. The number of benzene rings is 1. The van der Waals surface area contributed by atoms with Crippen molar-refractivity contribution in [2.45, 2.75) is 25.7 Å². The third-order valence-corrected chi connectivity index (χ3v) is 3.54. The molecule has 1 rings (SSSR count). The van der Waals surface area contributed by atoms with Crippen LogP contribution in [0.1, 0.15) is 25.7 Å². The zero-order chi connectivity index (χ0) is 13.1. The third-order valence-electron chi connectivity index (χ3n) is 2.59. The zero-order valence-corrected chi connectivity index (χ0v) is 12.6. The second-order valence-electron chi connectivity index (χ2n) is 4.15. The van der Waals surface area contributed by atoms with Crippen LogP contribution in [-0.2, 0) is 0 Å². The van der Waals surface area contributed by atoms with Crippen molar-refractivity contribution in [2.75, 3.05) is 23.9 Å². The van der Waals surface area contributed by atoms with Gasteiger partial charge in [-0.25, -0.2) is 0 Å². The Labute approximate surface area is 120 Å². The van der Waals surface area contributed by atoms with Crippen LogP contribution in [0, 0.1) is 0 Å². The maximum absolute atomic E-state index is 5.23. The summed E-state index contributed by atoms with van der Waals surface area (Å²) in [6.45, 7) is 0.956. The highest BCUT2D eigenvalue weighted by atomic mass is 32.2. The second kappa shape index (κ2) is 10.2. The van der Waals surface area contributed by atoms with E-state index < -0.39 is 0 Å². The summed E-state index contributed by atoms with van der Waals surface area (Å²) in [5, 5.41) is 7.12. The molecule has 1 aromatic rings. The molecule has 0 aromatic heterocycles. The number of thioether (sulfide) groups is 1. The minimum absolute atomic E-state index is 0.713. The number of hydrogen-bond acceptors (Lipinski definition) is 2. The average molecular weight is 282 g/mol. The molecular weight excluding hydrogens is 260 g/mol. The molecule has 0 aliphatic rings. The van der Waals surface area contributed by atoms with Gasteiger partial charge in [0, 0.05) is 12.2 Å². The molecule has 18 heavy (non-hydrogen) atoms. The Morgan fingerprint density at radius 1 is 1.11 bits per heavy atom. The molecule has 0 radical (unpaired) electrons. The summed E-state index contributed by atoms with van der Waals surface area (Å²) in [6, 6.07) is 10.0. The SMILES string of the molecule is CSCCCCCCNC(=S)Nc1ccccc1. The van der Waals surface area contributed by atoms with E-state index in [1.54, 1.807) is 0 Å². The molecule has 0 bridgehead atoms. The van der Waals surface area contributed by atoms with Gasteiger partial charge in [-0.2, -0.15) is 11.8 Å². The summed E-state index contributed by atoms with van der Waals surface area (Å²) in [6.07, 6.45) is 7.27. The first kappa shape index (κ1) is 15.3. The van der Waals surface area contributed by atoms with Crippen LogP contribution < -0.4 is 10.6 Å². The van der Waals surface area contributed by atoms with E-state index in [-0.39, 0.29) is 0 Å². The first-order chi connectivity index (χ1) is 8.83. The fraction of sp³-hybridized carbons (Fsp3) is 0.500. The maximum Gasteiger partial charge on any atom is 0.170 e. The van der Waals surface area contributed by atoms with E-state index in [4.69, 9.17) is 12.2 Å². The van der Waals surface area contributed by atoms with Gasteiger partial charge in [0.05, 0.1) is 0 Å². The quantitative estimate of drug-likeness (QED) is 0.558. The zero-order valence-electron chi connectivity index (χ0n) is 10.9. The lowest BCUT2D eigenvalue weighted by Crippen LogP contribution is -2.29. The molecule has 2 nitrogen and oxygen atoms in total. The molecule has 0 aliphatic carbocycles. The highest BCUT2D eigenvalue weighted by Crippen LogP contribution is 2.05. The van der Waals surface area contributed by atoms with Crippen LogP contribution in [0.2, 0.25) is 0 Å². The van der Waals surface area contributed by atoms with Crippen molar-refractivity contribution in [1.82, 2.24) is 5.32 Å². The van der Waals surface area contributed by atoms with Crippen LogP contribution in [0.25, 0.3) is 0 Å². The smallest absolute Gasteiger partial charge is 0.170 e. The topological polar surface area (TPSA) is 24.1 Å². The normalized spacial score (nSPS) is 10.1. The van der Waals surface area contributed by atoms with Gasteiger partial charge >= 0.3 is 0 Å². The Morgan fingerprint density at radius 2 is 1.83 bits per heavy atom. The highest BCUT2D eigenvalue weighted by molar-refractivity contribution is 7.98. The Morgan fingerprint density at radius 3 is 2.56 bits per heavy atom. The molecule has 4 heteroatoms. The molecule has 0 saturated carbocycles. The Balaban J connectivity index is 2.00. The molecule has 2 N–H and O–H groups in total. The minimum atomic E-state index is 0.713. The van der Waals surface area contributed by atoms with Gasteiger partial charge in [0.15, 0.2) is 5.11 Å². The lowest BCUT2D eigenvalue weighted by molar-refractivity contribution is 0.658. The van der Waals surface area contributed by atoms with Gasteiger partial charge < -0.3 is 10.6 Å². The summed E-state index contributed by atoms with van der Waals surface area (Å²) in [4.78, 5) is 0. The predicted molar refractivity (Wildman–Crippen MR) is 87.5 cm³/mol. The van der Waals surface area contributed by atoms with Crippen LogP contribution in [0.5, 0.6) is 0 Å². The van der Waals surface area contributed by atoms with Crippen LogP contribution in [0.3, 0.4) is 0 Å². The van der Waals surface area contributed by atoms with E-state index >= 15 is 0 Å². The summed E-state index contributed by atoms with van der Waals surface area (Å²) in [5.74, 6) is 1.28. The largest absolute Gasteiger partial charge is 0.362 e. The Hall–Kier alpha value is -0.740. The molecule has 100 valence electrons. The highest BCUT2D eigenvalue weighted by Gasteiger charge is 1.96. The Kier molecular flexibility index (Phi) is 8.69. The summed E-state index contributed by atoms with van der Waals surface area (Å²) >= 11 is 7.16. The fourth-order valence-corrected chi connectivity index (χ4v) is 2.34. The lowest BCUT2D eigenvalue weighted by atomic mass is 10.2. The third kappa shape index (κ3) is 7.56. The molecule has 0 aliphatic heterocycles. The van der Waals surface area contributed by atoms with Crippen LogP contribution in [0.15, 0.2) is 30.3 Å². The molecule has 0 fully saturated rings. The number of nitrogens with one attached hydrogen (secondary N) is 2. The van der Waals surface area contributed by atoms with Crippen molar-refractivity contribution in [3.05, 3.63) is 30.3 Å². The molecule has 0 unspecified atom stereocenters. The summed E-state index contributed by atoms with van der Waals surface area (Å²) in [5.41, 5.74) is 1.04. The molecule has 0 amide bonds. The van der Waals surface area contributed by atoms with E-state index in [2.05, 4.69) is 16.9 Å². The van der Waals surface area contributed by atoms with Crippen LogP contribution in [-0.4, -0.2) is 23.7 Å². The summed E-state index contributed by atoms with van der Waals surface area (Å²) < 4.78 is 0. The van der Waals surface area contributed by atoms with Gasteiger partial charge in [0.1, 0.15) is 0 Å². The number of para-hydroxylation sites is 1. The van der Waals surface area contributed by atoms with Gasteiger partial charge in [-0.15, -0.1) is 0 Å². The van der Waals surface area contributed by atoms with E-state index in [0.29, 0.717) is 5.11 Å². The van der Waals surface area contributed by atoms with Crippen molar-refractivity contribution in [3.8, 4) is 0 Å².